The van der Waals surface area contributed by atoms with E-state index in [1.807, 2.05) is 6.07 Å². The minimum absolute atomic E-state index is 0.148. The summed E-state index contributed by atoms with van der Waals surface area (Å²) in [5.41, 5.74) is 0. The maximum absolute atomic E-state index is 12.4. The van der Waals surface area contributed by atoms with Crippen molar-refractivity contribution in [3.63, 3.8) is 0 Å². The van der Waals surface area contributed by atoms with E-state index in [1.165, 1.54) is 12.8 Å². The molecule has 19 heavy (non-hydrogen) atoms. The lowest BCUT2D eigenvalue weighted by Gasteiger charge is -2.40. The van der Waals surface area contributed by atoms with Gasteiger partial charge in [0.05, 0.1) is 6.07 Å². The third-order valence-corrected chi connectivity index (χ3v) is 6.17. The van der Waals surface area contributed by atoms with E-state index in [1.54, 1.807) is 4.31 Å². The Morgan fingerprint density at radius 2 is 1.32 bits per heavy atom. The van der Waals surface area contributed by atoms with Gasteiger partial charge in [0.1, 0.15) is 0 Å². The molecule has 0 aromatic heterocycles. The van der Waals surface area contributed by atoms with Gasteiger partial charge in [-0.25, -0.2) is 8.42 Å². The van der Waals surface area contributed by atoms with Crippen molar-refractivity contribution in [2.45, 2.75) is 76.3 Å². The molecule has 0 aromatic rings. The van der Waals surface area contributed by atoms with Crippen molar-refractivity contribution in [3.8, 4) is 6.07 Å². The molecule has 0 heterocycles. The summed E-state index contributed by atoms with van der Waals surface area (Å²) in [5.74, 6) is -0.361. The Labute approximate surface area is 116 Å². The first-order chi connectivity index (χ1) is 9.15. The van der Waals surface area contributed by atoms with Crippen LogP contribution in [0.25, 0.3) is 0 Å². The SMILES string of the molecule is N#CCS(=O)(=O)N(C1CCCCC1)C1CCCCC1. The molecule has 0 unspecified atom stereocenters. The maximum Gasteiger partial charge on any atom is 0.228 e. The smallest absolute Gasteiger partial charge is 0.211 e. The van der Waals surface area contributed by atoms with Crippen LogP contribution in [-0.2, 0) is 10.0 Å². The molecule has 0 aliphatic heterocycles. The van der Waals surface area contributed by atoms with E-state index in [0.717, 1.165) is 51.4 Å². The summed E-state index contributed by atoms with van der Waals surface area (Å²) in [6.07, 6.45) is 10.8. The standard InChI is InChI=1S/C14H24N2O2S/c15-11-12-19(17,18)16(13-7-3-1-4-8-13)14-9-5-2-6-10-14/h13-14H,1-10,12H2. The van der Waals surface area contributed by atoms with Crippen molar-refractivity contribution in [1.82, 2.24) is 4.31 Å². The fourth-order valence-corrected chi connectivity index (χ4v) is 5.22. The molecule has 108 valence electrons. The predicted molar refractivity (Wildman–Crippen MR) is 75.0 cm³/mol. The Hall–Kier alpha value is -0.600. The third-order valence-electron chi connectivity index (χ3n) is 4.44. The summed E-state index contributed by atoms with van der Waals surface area (Å²) in [6.45, 7) is 0. The number of hydrogen-bond donors (Lipinski definition) is 0. The van der Waals surface area contributed by atoms with Crippen molar-refractivity contribution in [1.29, 1.82) is 5.26 Å². The first kappa shape index (κ1) is 14.8. The molecule has 2 rings (SSSR count). The molecule has 0 saturated heterocycles. The van der Waals surface area contributed by atoms with E-state index in [9.17, 15) is 8.42 Å². The second-order valence-corrected chi connectivity index (χ2v) is 7.70. The van der Waals surface area contributed by atoms with Crippen LogP contribution in [0.2, 0.25) is 0 Å². The molecule has 0 aromatic carbocycles. The van der Waals surface area contributed by atoms with Crippen LogP contribution in [0.15, 0.2) is 0 Å². The van der Waals surface area contributed by atoms with Crippen LogP contribution >= 0.6 is 0 Å². The average molecular weight is 284 g/mol. The van der Waals surface area contributed by atoms with Gasteiger partial charge in [-0.1, -0.05) is 38.5 Å². The second kappa shape index (κ2) is 6.71. The van der Waals surface area contributed by atoms with Crippen LogP contribution in [0.4, 0.5) is 0 Å². The van der Waals surface area contributed by atoms with E-state index in [-0.39, 0.29) is 17.8 Å². The molecule has 0 amide bonds. The number of sulfonamides is 1. The van der Waals surface area contributed by atoms with E-state index >= 15 is 0 Å². The predicted octanol–water partition coefficient (Wildman–Crippen LogP) is 2.81. The summed E-state index contributed by atoms with van der Waals surface area (Å²) < 4.78 is 26.6. The fourth-order valence-electron chi connectivity index (χ4n) is 3.58. The van der Waals surface area contributed by atoms with Gasteiger partial charge in [0, 0.05) is 12.1 Å². The Balaban J connectivity index is 2.18. The summed E-state index contributed by atoms with van der Waals surface area (Å²) in [4.78, 5) is 0. The molecular formula is C14H24N2O2S. The van der Waals surface area contributed by atoms with Crippen LogP contribution in [-0.4, -0.2) is 30.6 Å². The highest BCUT2D eigenvalue weighted by Gasteiger charge is 2.36. The lowest BCUT2D eigenvalue weighted by atomic mass is 9.91. The van der Waals surface area contributed by atoms with Gasteiger partial charge in [0.2, 0.25) is 10.0 Å². The van der Waals surface area contributed by atoms with Crippen molar-refractivity contribution in [2.75, 3.05) is 5.75 Å². The summed E-state index contributed by atoms with van der Waals surface area (Å²) in [5, 5.41) is 8.79. The molecule has 2 fully saturated rings. The zero-order valence-corrected chi connectivity index (χ0v) is 12.4. The highest BCUT2D eigenvalue weighted by Crippen LogP contribution is 2.32. The van der Waals surface area contributed by atoms with Crippen molar-refractivity contribution in [3.05, 3.63) is 0 Å². The Morgan fingerprint density at radius 1 is 0.895 bits per heavy atom. The summed E-state index contributed by atoms with van der Waals surface area (Å²) in [7, 11) is -3.40. The topological polar surface area (TPSA) is 61.2 Å². The lowest BCUT2D eigenvalue weighted by molar-refractivity contribution is 0.170. The number of nitrogens with zero attached hydrogens (tertiary/aromatic N) is 2. The van der Waals surface area contributed by atoms with Crippen LogP contribution < -0.4 is 0 Å². The summed E-state index contributed by atoms with van der Waals surface area (Å²) in [6, 6.07) is 2.13. The van der Waals surface area contributed by atoms with Gasteiger partial charge < -0.3 is 0 Å². The van der Waals surface area contributed by atoms with Gasteiger partial charge in [-0.15, -0.1) is 0 Å². The second-order valence-electron chi connectivity index (χ2n) is 5.83. The van der Waals surface area contributed by atoms with Gasteiger partial charge in [-0.2, -0.15) is 9.57 Å². The van der Waals surface area contributed by atoms with Gasteiger partial charge in [0.25, 0.3) is 0 Å². The number of hydrogen-bond acceptors (Lipinski definition) is 3. The van der Waals surface area contributed by atoms with Crippen molar-refractivity contribution < 1.29 is 8.42 Å². The molecular weight excluding hydrogens is 260 g/mol. The van der Waals surface area contributed by atoms with Crippen molar-refractivity contribution in [2.24, 2.45) is 0 Å². The molecule has 2 aliphatic carbocycles. The molecule has 2 aliphatic rings. The van der Waals surface area contributed by atoms with Gasteiger partial charge in [-0.3, -0.25) is 0 Å². The van der Waals surface area contributed by atoms with Gasteiger partial charge >= 0.3 is 0 Å². The molecule has 0 radical (unpaired) electrons. The zero-order valence-electron chi connectivity index (χ0n) is 11.6. The highest BCUT2D eigenvalue weighted by atomic mass is 32.2. The van der Waals surface area contributed by atoms with E-state index in [4.69, 9.17) is 5.26 Å². The molecule has 0 spiro atoms. The van der Waals surface area contributed by atoms with Crippen LogP contribution in [0.3, 0.4) is 0 Å². The molecule has 2 saturated carbocycles. The Kier molecular flexibility index (Phi) is 5.23. The monoisotopic (exact) mass is 284 g/mol. The largest absolute Gasteiger partial charge is 0.228 e. The molecule has 5 heteroatoms. The third kappa shape index (κ3) is 3.70. The fraction of sp³-hybridized carbons (Fsp3) is 0.929. The van der Waals surface area contributed by atoms with E-state index < -0.39 is 10.0 Å². The highest BCUT2D eigenvalue weighted by molar-refractivity contribution is 7.89. The van der Waals surface area contributed by atoms with Crippen molar-refractivity contribution >= 4 is 10.0 Å². The minimum Gasteiger partial charge on any atom is -0.211 e. The maximum atomic E-state index is 12.4. The van der Waals surface area contributed by atoms with Crippen LogP contribution in [0, 0.1) is 11.3 Å². The van der Waals surface area contributed by atoms with E-state index in [0.29, 0.717) is 0 Å². The van der Waals surface area contributed by atoms with E-state index in [2.05, 4.69) is 0 Å². The summed E-state index contributed by atoms with van der Waals surface area (Å²) >= 11 is 0. The minimum atomic E-state index is -3.40. The molecule has 4 nitrogen and oxygen atoms in total. The van der Waals surface area contributed by atoms with Gasteiger partial charge in [0.15, 0.2) is 5.75 Å². The first-order valence-electron chi connectivity index (χ1n) is 7.53. The zero-order chi connectivity index (χ0) is 13.7. The Morgan fingerprint density at radius 3 is 1.68 bits per heavy atom. The normalized spacial score (nSPS) is 23.4. The Bertz CT molecular complexity index is 397. The molecule has 0 atom stereocenters. The number of nitriles is 1. The molecule has 0 bridgehead atoms. The number of rotatable bonds is 4. The first-order valence-corrected chi connectivity index (χ1v) is 9.14. The lowest BCUT2D eigenvalue weighted by Crippen LogP contribution is -2.49. The quantitative estimate of drug-likeness (QED) is 0.797. The van der Waals surface area contributed by atoms with Crippen LogP contribution in [0.1, 0.15) is 64.2 Å². The van der Waals surface area contributed by atoms with Crippen LogP contribution in [0.5, 0.6) is 0 Å². The van der Waals surface area contributed by atoms with Gasteiger partial charge in [-0.05, 0) is 25.7 Å². The average Bonchev–Trinajstić information content (AvgIpc) is 2.41. The molecule has 0 N–H and O–H groups in total.